The van der Waals surface area contributed by atoms with Gasteiger partial charge in [-0.25, -0.2) is 0 Å². The van der Waals surface area contributed by atoms with Crippen LogP contribution in [0.15, 0.2) is 52.3 Å². The van der Waals surface area contributed by atoms with Gasteiger partial charge in [-0.2, -0.15) is 0 Å². The number of hydrogen-bond donors (Lipinski definition) is 0. The van der Waals surface area contributed by atoms with E-state index in [4.69, 9.17) is 0 Å². The third-order valence-electron chi connectivity index (χ3n) is 5.78. The molecule has 0 bridgehead atoms. The Morgan fingerprint density at radius 1 is 0.600 bits per heavy atom. The molecule has 2 aromatic heterocycles. The molecule has 0 radical (unpaired) electrons. The quantitative estimate of drug-likeness (QED) is 0.281. The molecule has 0 fully saturated rings. The Balaban J connectivity index is 1.96. The highest BCUT2D eigenvalue weighted by Crippen LogP contribution is 2.33. The first-order chi connectivity index (χ1) is 14.2. The van der Waals surface area contributed by atoms with Crippen LogP contribution < -0.4 is 15.7 Å². The Hall–Kier alpha value is -1.62. The van der Waals surface area contributed by atoms with E-state index in [1.807, 2.05) is 11.3 Å². The summed E-state index contributed by atoms with van der Waals surface area (Å²) in [5.74, 6) is 0. The van der Waals surface area contributed by atoms with E-state index in [0.29, 0.717) is 0 Å². The highest BCUT2D eigenvalue weighted by atomic mass is 79.9. The molecule has 152 valence electrons. The second kappa shape index (κ2) is 8.49. The molecule has 0 unspecified atom stereocenters. The van der Waals surface area contributed by atoms with Crippen LogP contribution in [0.1, 0.15) is 33.4 Å². The summed E-state index contributed by atoms with van der Waals surface area (Å²) in [5.41, 5.74) is 11.1. The fraction of sp³-hybridized carbons (Fsp3) is 0.231. The molecule has 0 aliphatic carbocycles. The molecule has 0 N–H and O–H groups in total. The van der Waals surface area contributed by atoms with Gasteiger partial charge in [0.25, 0.3) is 6.71 Å². The number of benzene rings is 2. The van der Waals surface area contributed by atoms with E-state index in [0.717, 1.165) is 0 Å². The summed E-state index contributed by atoms with van der Waals surface area (Å²) in [7, 11) is 0. The molecule has 2 heterocycles. The van der Waals surface area contributed by atoms with Crippen molar-refractivity contribution in [1.82, 2.24) is 0 Å². The molecule has 0 saturated heterocycles. The van der Waals surface area contributed by atoms with Crippen molar-refractivity contribution in [3.63, 3.8) is 0 Å². The molecule has 4 heteroatoms. The van der Waals surface area contributed by atoms with E-state index in [-0.39, 0.29) is 6.71 Å². The van der Waals surface area contributed by atoms with Crippen molar-refractivity contribution >= 4 is 61.0 Å². The maximum atomic E-state index is 3.61. The topological polar surface area (TPSA) is 0 Å². The van der Waals surface area contributed by atoms with Gasteiger partial charge in [-0.15, -0.1) is 22.7 Å². The highest BCUT2D eigenvalue weighted by molar-refractivity contribution is 9.11. The van der Waals surface area contributed by atoms with Gasteiger partial charge < -0.3 is 0 Å². The van der Waals surface area contributed by atoms with Crippen LogP contribution in [0.2, 0.25) is 0 Å². The van der Waals surface area contributed by atoms with Crippen LogP contribution in [0.25, 0.3) is 9.75 Å². The predicted octanol–water partition coefficient (Wildman–Crippen LogP) is 6.61. The van der Waals surface area contributed by atoms with E-state index in [9.17, 15) is 0 Å². The molecular formula is C26H26BBrS2. The number of halogens is 1. The molecule has 0 aliphatic rings. The van der Waals surface area contributed by atoms with Gasteiger partial charge in [0.15, 0.2) is 0 Å². The van der Waals surface area contributed by atoms with Gasteiger partial charge in [0.2, 0.25) is 0 Å². The fourth-order valence-corrected chi connectivity index (χ4v) is 7.41. The van der Waals surface area contributed by atoms with Crippen LogP contribution in [0.5, 0.6) is 0 Å². The molecule has 30 heavy (non-hydrogen) atoms. The average Bonchev–Trinajstić information content (AvgIpc) is 3.27. The first kappa shape index (κ1) is 21.6. The van der Waals surface area contributed by atoms with Crippen molar-refractivity contribution in [2.75, 3.05) is 0 Å². The van der Waals surface area contributed by atoms with E-state index in [1.54, 1.807) is 11.3 Å². The molecule has 0 amide bonds. The Morgan fingerprint density at radius 2 is 1.03 bits per heavy atom. The monoisotopic (exact) mass is 492 g/mol. The Labute approximate surface area is 197 Å². The van der Waals surface area contributed by atoms with Gasteiger partial charge >= 0.3 is 0 Å². The van der Waals surface area contributed by atoms with Gasteiger partial charge in [0.05, 0.1) is 3.79 Å². The van der Waals surface area contributed by atoms with Gasteiger partial charge in [0, 0.05) is 9.75 Å². The lowest BCUT2D eigenvalue weighted by Crippen LogP contribution is -2.54. The minimum Gasteiger partial charge on any atom is -0.148 e. The summed E-state index contributed by atoms with van der Waals surface area (Å²) in [5, 5.41) is 0. The van der Waals surface area contributed by atoms with Crippen LogP contribution in [-0.4, -0.2) is 6.71 Å². The Kier molecular flexibility index (Phi) is 6.12. The van der Waals surface area contributed by atoms with Gasteiger partial charge in [0.1, 0.15) is 0 Å². The van der Waals surface area contributed by atoms with Crippen LogP contribution in [0.4, 0.5) is 0 Å². The molecule has 4 aromatic rings. The third-order valence-corrected chi connectivity index (χ3v) is 8.75. The zero-order chi connectivity index (χ0) is 21.6. The molecule has 0 atom stereocenters. The highest BCUT2D eigenvalue weighted by Gasteiger charge is 2.29. The molecule has 4 rings (SSSR count). The number of hydrogen-bond acceptors (Lipinski definition) is 2. The van der Waals surface area contributed by atoms with Crippen molar-refractivity contribution < 1.29 is 0 Å². The van der Waals surface area contributed by atoms with Gasteiger partial charge in [-0.3, -0.25) is 0 Å². The maximum Gasteiger partial charge on any atom is 0.255 e. The van der Waals surface area contributed by atoms with Gasteiger partial charge in [-0.05, 0) is 80.4 Å². The molecular weight excluding hydrogens is 467 g/mol. The zero-order valence-corrected chi connectivity index (χ0v) is 21.6. The Morgan fingerprint density at radius 3 is 1.47 bits per heavy atom. The van der Waals surface area contributed by atoms with Crippen molar-refractivity contribution in [1.29, 1.82) is 0 Å². The van der Waals surface area contributed by atoms with Crippen molar-refractivity contribution in [3.05, 3.63) is 85.7 Å². The summed E-state index contributed by atoms with van der Waals surface area (Å²) in [6, 6.07) is 18.3. The SMILES string of the molecule is Cc1cc(C)c(B(c2ccc(-c3ccc(Br)s3)s2)c2c(C)cc(C)cc2C)c(C)c1. The van der Waals surface area contributed by atoms with Crippen molar-refractivity contribution in [3.8, 4) is 9.75 Å². The molecule has 0 spiro atoms. The van der Waals surface area contributed by atoms with E-state index < -0.39 is 0 Å². The number of thiophene rings is 2. The van der Waals surface area contributed by atoms with Gasteiger partial charge in [-0.1, -0.05) is 74.6 Å². The van der Waals surface area contributed by atoms with E-state index in [2.05, 4.69) is 106 Å². The normalized spacial score (nSPS) is 11.2. The molecule has 0 nitrogen and oxygen atoms in total. The number of aryl methyl sites for hydroxylation is 6. The second-order valence-electron chi connectivity index (χ2n) is 8.36. The minimum atomic E-state index is 0.258. The zero-order valence-electron chi connectivity index (χ0n) is 18.4. The first-order valence-corrected chi connectivity index (χ1v) is 12.7. The van der Waals surface area contributed by atoms with Crippen molar-refractivity contribution in [2.45, 2.75) is 41.5 Å². The molecule has 0 aliphatic heterocycles. The summed E-state index contributed by atoms with van der Waals surface area (Å²) < 4.78 is 2.60. The number of rotatable bonds is 4. The van der Waals surface area contributed by atoms with Crippen molar-refractivity contribution in [2.24, 2.45) is 0 Å². The average molecular weight is 493 g/mol. The van der Waals surface area contributed by atoms with E-state index in [1.165, 1.54) is 62.6 Å². The van der Waals surface area contributed by atoms with Crippen LogP contribution >= 0.6 is 38.6 Å². The van der Waals surface area contributed by atoms with Crippen LogP contribution in [-0.2, 0) is 0 Å². The summed E-state index contributed by atoms with van der Waals surface area (Å²) in [6.07, 6.45) is 0. The standard InChI is InChI=1S/C26H26BBrS2/c1-15-11-17(3)25(18(4)12-15)27(26-19(5)13-16(2)14-20(26)6)23-9-7-21(29-23)22-8-10-24(28)30-22/h7-14H,1-6H3. The predicted molar refractivity (Wildman–Crippen MR) is 141 cm³/mol. The maximum absolute atomic E-state index is 3.61. The molecule has 2 aromatic carbocycles. The van der Waals surface area contributed by atoms with E-state index >= 15 is 0 Å². The lowest BCUT2D eigenvalue weighted by Gasteiger charge is -2.23. The van der Waals surface area contributed by atoms with Crippen LogP contribution in [0, 0.1) is 41.5 Å². The summed E-state index contributed by atoms with van der Waals surface area (Å²) >= 11 is 7.34. The summed E-state index contributed by atoms with van der Waals surface area (Å²) in [4.78, 5) is 2.67. The third kappa shape index (κ3) is 4.10. The van der Waals surface area contributed by atoms with Crippen LogP contribution in [0.3, 0.4) is 0 Å². The fourth-order valence-electron chi connectivity index (χ4n) is 4.81. The first-order valence-electron chi connectivity index (χ1n) is 10.3. The molecule has 0 saturated carbocycles. The second-order valence-corrected chi connectivity index (χ2v) is 11.9. The lowest BCUT2D eigenvalue weighted by molar-refractivity contribution is 1.34. The lowest BCUT2D eigenvalue weighted by atomic mass is 9.37. The largest absolute Gasteiger partial charge is 0.255 e. The minimum absolute atomic E-state index is 0.258. The smallest absolute Gasteiger partial charge is 0.148 e. The summed E-state index contributed by atoms with van der Waals surface area (Å²) in [6.45, 7) is 13.7. The Bertz CT molecular complexity index is 1130.